The van der Waals surface area contributed by atoms with E-state index in [1.807, 2.05) is 0 Å². The van der Waals surface area contributed by atoms with Crippen molar-refractivity contribution in [2.45, 2.75) is 324 Å². The minimum Gasteiger partial charge on any atom is -0.394 e. The molecule has 1 unspecified atom stereocenters. The molecule has 0 aromatic carbocycles. The van der Waals surface area contributed by atoms with E-state index in [0.29, 0.717) is 12.8 Å². The zero-order valence-electron chi connectivity index (χ0n) is 45.1. The van der Waals surface area contributed by atoms with Crippen molar-refractivity contribution in [3.05, 3.63) is 0 Å². The van der Waals surface area contributed by atoms with Gasteiger partial charge in [-0.2, -0.15) is 0 Å². The van der Waals surface area contributed by atoms with Gasteiger partial charge in [0.1, 0.15) is 67.1 Å². The van der Waals surface area contributed by atoms with Gasteiger partial charge in [0.05, 0.1) is 25.4 Å². The molecule has 1 heterocycles. The summed E-state index contributed by atoms with van der Waals surface area (Å²) in [5.41, 5.74) is 0. The number of carbonyl (C=O) groups excluding carboxylic acids is 1. The molecule has 1 amide bonds. The van der Waals surface area contributed by atoms with E-state index in [9.17, 15) is 65.3 Å². The molecule has 0 aromatic heterocycles. The normalized spacial score (nSPS) is 27.7. The smallest absolute Gasteiger partial charge is 0.394 e. The highest BCUT2D eigenvalue weighted by molar-refractivity contribution is 7.47. The summed E-state index contributed by atoms with van der Waals surface area (Å²) in [6.45, 7) is 2.80. The number of aliphatic hydroxyl groups excluding tert-OH is 10. The average molecular weight is 1070 g/mol. The number of hydrogen-bond donors (Lipinski definition) is 12. The number of amides is 1. The van der Waals surface area contributed by atoms with E-state index in [2.05, 4.69) is 19.2 Å². The quantitative estimate of drug-likeness (QED) is 0.0215. The molecule has 0 spiro atoms. The zero-order valence-corrected chi connectivity index (χ0v) is 46.0. The fourth-order valence-corrected chi connectivity index (χ4v) is 10.9. The number of ether oxygens (including phenoxy) is 2. The minimum atomic E-state index is -5.39. The van der Waals surface area contributed by atoms with E-state index in [1.54, 1.807) is 0 Å². The summed E-state index contributed by atoms with van der Waals surface area (Å²) in [5.74, 6) is -0.805. The molecule has 15 atom stereocenters. The number of nitrogens with one attached hydrogen (secondary N) is 1. The summed E-state index contributed by atoms with van der Waals surface area (Å²) in [7, 11) is -5.39. The van der Waals surface area contributed by atoms with Crippen molar-refractivity contribution in [1.29, 1.82) is 0 Å². The second kappa shape index (κ2) is 41.2. The Morgan fingerprint density at radius 3 is 1.26 bits per heavy atom. The van der Waals surface area contributed by atoms with Crippen molar-refractivity contribution < 1.29 is 83.8 Å². The Hall–Kier alpha value is -0.900. The molecule has 1 aliphatic heterocycles. The van der Waals surface area contributed by atoms with Gasteiger partial charge in [0.25, 0.3) is 0 Å². The van der Waals surface area contributed by atoms with E-state index in [0.717, 1.165) is 51.4 Å². The van der Waals surface area contributed by atoms with E-state index in [-0.39, 0.29) is 12.8 Å². The molecular formula is C54H106NO17P. The van der Waals surface area contributed by atoms with Crippen molar-refractivity contribution in [1.82, 2.24) is 5.32 Å². The lowest BCUT2D eigenvalue weighted by atomic mass is 9.84. The van der Waals surface area contributed by atoms with E-state index in [4.69, 9.17) is 18.5 Å². The average Bonchev–Trinajstić information content (AvgIpc) is 3.37. The maximum Gasteiger partial charge on any atom is 0.472 e. The standard InChI is InChI=1S/C54H106NO17P/c1-3-5-7-9-11-13-15-17-18-19-20-21-22-23-25-27-29-31-33-35-37-42(58)53(66)55-40(41(57)36-34-32-30-28-26-24-16-14-12-10-8-6-4-2)39-69-73(67,68)72-52-49(64)47(62)46(61)48(63)51(52)71-54-50(65)45(60)44(59)43(38-56)70-54/h40-52,54,56-65H,3-39H2,1-2H3,(H,55,66)(H,67,68)/t40-,41-,42-,43+,44-,45-,46+,47+,48-,49-,50+,51-,52+,54+/m0/s1. The Kier molecular flexibility index (Phi) is 38.5. The van der Waals surface area contributed by atoms with Crippen LogP contribution in [0.25, 0.3) is 0 Å². The Balaban J connectivity index is 1.89. The van der Waals surface area contributed by atoms with Gasteiger partial charge < -0.3 is 70.7 Å². The summed E-state index contributed by atoms with van der Waals surface area (Å²) in [5, 5.41) is 108. The third-order valence-electron chi connectivity index (χ3n) is 14.9. The molecule has 12 N–H and O–H groups in total. The van der Waals surface area contributed by atoms with Crippen LogP contribution in [0.15, 0.2) is 0 Å². The van der Waals surface area contributed by atoms with Crippen LogP contribution in [0.5, 0.6) is 0 Å². The van der Waals surface area contributed by atoms with Crippen molar-refractivity contribution in [3.8, 4) is 0 Å². The van der Waals surface area contributed by atoms with Gasteiger partial charge in [-0.1, -0.05) is 226 Å². The molecular weight excluding hydrogens is 966 g/mol. The lowest BCUT2D eigenvalue weighted by Crippen LogP contribution is -2.67. The van der Waals surface area contributed by atoms with Gasteiger partial charge >= 0.3 is 7.82 Å². The Morgan fingerprint density at radius 2 is 0.863 bits per heavy atom. The van der Waals surface area contributed by atoms with Crippen molar-refractivity contribution in [2.24, 2.45) is 0 Å². The van der Waals surface area contributed by atoms with Crippen LogP contribution in [0.1, 0.15) is 239 Å². The summed E-state index contributed by atoms with van der Waals surface area (Å²) in [6.07, 6.45) is 14.7. The van der Waals surface area contributed by atoms with Crippen LogP contribution in [0.2, 0.25) is 0 Å². The molecule has 2 fully saturated rings. The summed E-state index contributed by atoms with van der Waals surface area (Å²) >= 11 is 0. The number of unbranched alkanes of at least 4 members (excludes halogenated alkanes) is 31. The van der Waals surface area contributed by atoms with Gasteiger partial charge in [0.2, 0.25) is 5.91 Å². The van der Waals surface area contributed by atoms with Crippen LogP contribution in [0.4, 0.5) is 0 Å². The highest BCUT2D eigenvalue weighted by atomic mass is 31.2. The molecule has 1 saturated heterocycles. The molecule has 19 heteroatoms. The SMILES string of the molecule is CCCCCCCCCCCCCCCCCCCCCC[C@H](O)C(=O)N[C@@H](COP(=O)(O)O[C@@H]1[C@@H](O)[C@H](O)[C@@H](O)[C@H](O)[C@@H]1O[C@H]1O[C@H](CO)[C@H](O)[C@H](O)[C@H]1O)[C@@H](O)CCCCCCCCCCCCCCC. The van der Waals surface area contributed by atoms with Crippen LogP contribution in [0.3, 0.4) is 0 Å². The highest BCUT2D eigenvalue weighted by Gasteiger charge is 2.55. The van der Waals surface area contributed by atoms with Gasteiger partial charge in [0.15, 0.2) is 6.29 Å². The maximum absolute atomic E-state index is 13.5. The summed E-state index contributed by atoms with van der Waals surface area (Å²) in [6, 6.07) is -1.31. The van der Waals surface area contributed by atoms with Gasteiger partial charge in [0, 0.05) is 0 Å². The van der Waals surface area contributed by atoms with Crippen molar-refractivity contribution in [3.63, 3.8) is 0 Å². The molecule has 434 valence electrons. The lowest BCUT2D eigenvalue weighted by Gasteiger charge is -2.47. The topological polar surface area (TPSA) is 306 Å². The molecule has 2 aliphatic rings. The first kappa shape index (κ1) is 68.2. The fraction of sp³-hybridized carbons (Fsp3) is 0.981. The van der Waals surface area contributed by atoms with Crippen LogP contribution < -0.4 is 5.32 Å². The number of rotatable bonds is 46. The first-order valence-electron chi connectivity index (χ1n) is 29.1. The highest BCUT2D eigenvalue weighted by Crippen LogP contribution is 2.48. The third-order valence-corrected chi connectivity index (χ3v) is 15.9. The predicted octanol–water partition coefficient (Wildman–Crippen LogP) is 7.03. The molecule has 1 aliphatic carbocycles. The molecule has 2 rings (SSSR count). The number of aliphatic hydroxyl groups is 10. The second-order valence-corrected chi connectivity index (χ2v) is 22.7. The zero-order chi connectivity index (χ0) is 53.9. The van der Waals surface area contributed by atoms with Crippen molar-refractivity contribution in [2.75, 3.05) is 13.2 Å². The number of phosphoric acid groups is 1. The number of hydrogen-bond acceptors (Lipinski definition) is 16. The van der Waals surface area contributed by atoms with E-state index < -0.39 is 113 Å². The molecule has 0 bridgehead atoms. The molecule has 1 saturated carbocycles. The van der Waals surface area contributed by atoms with E-state index >= 15 is 0 Å². The Labute approximate surface area is 439 Å². The van der Waals surface area contributed by atoms with Crippen molar-refractivity contribution >= 4 is 13.7 Å². The van der Waals surface area contributed by atoms with Crippen LogP contribution in [0, 0.1) is 0 Å². The first-order chi connectivity index (χ1) is 35.1. The molecule has 0 aromatic rings. The van der Waals surface area contributed by atoms with E-state index in [1.165, 1.54) is 148 Å². The molecule has 73 heavy (non-hydrogen) atoms. The van der Waals surface area contributed by atoms with Gasteiger partial charge in [-0.25, -0.2) is 4.57 Å². The van der Waals surface area contributed by atoms with Crippen LogP contribution in [-0.2, 0) is 27.9 Å². The predicted molar refractivity (Wildman–Crippen MR) is 280 cm³/mol. The Morgan fingerprint density at radius 1 is 0.507 bits per heavy atom. The maximum atomic E-state index is 13.5. The summed E-state index contributed by atoms with van der Waals surface area (Å²) in [4.78, 5) is 24.3. The van der Waals surface area contributed by atoms with Gasteiger partial charge in [-0.15, -0.1) is 0 Å². The van der Waals surface area contributed by atoms with Crippen LogP contribution in [-0.4, -0.2) is 161 Å². The molecule has 18 nitrogen and oxygen atoms in total. The van der Waals surface area contributed by atoms with Crippen LogP contribution >= 0.6 is 7.82 Å². The lowest BCUT2D eigenvalue weighted by molar-refractivity contribution is -0.338. The largest absolute Gasteiger partial charge is 0.472 e. The Bertz CT molecular complexity index is 1390. The monoisotopic (exact) mass is 1070 g/mol. The molecule has 0 radical (unpaired) electrons. The number of carbonyl (C=O) groups is 1. The third kappa shape index (κ3) is 28.5. The van der Waals surface area contributed by atoms with Gasteiger partial charge in [-0.05, 0) is 12.8 Å². The first-order valence-corrected chi connectivity index (χ1v) is 30.6. The minimum absolute atomic E-state index is 0.167. The second-order valence-electron chi connectivity index (χ2n) is 21.3. The fourth-order valence-electron chi connectivity index (χ4n) is 9.98. The number of phosphoric ester groups is 1. The summed E-state index contributed by atoms with van der Waals surface area (Å²) < 4.78 is 34.9. The van der Waals surface area contributed by atoms with Gasteiger partial charge in [-0.3, -0.25) is 13.8 Å².